The van der Waals surface area contributed by atoms with Gasteiger partial charge < -0.3 is 15.4 Å². The quantitative estimate of drug-likeness (QED) is 0.280. The molecule has 0 bridgehead atoms. The number of pyridine rings is 1. The SMILES string of the molecule is CCNC(=NCc1nccc2ccccc12)NCC(C)Oc1cccc(F)c1.I. The van der Waals surface area contributed by atoms with Gasteiger partial charge in [-0.25, -0.2) is 9.38 Å². The van der Waals surface area contributed by atoms with Gasteiger partial charge in [-0.1, -0.05) is 30.3 Å². The lowest BCUT2D eigenvalue weighted by Crippen LogP contribution is -2.41. The summed E-state index contributed by atoms with van der Waals surface area (Å²) in [5.41, 5.74) is 0.930. The summed E-state index contributed by atoms with van der Waals surface area (Å²) in [5, 5.41) is 8.75. The van der Waals surface area contributed by atoms with Crippen LogP contribution in [0.3, 0.4) is 0 Å². The van der Waals surface area contributed by atoms with E-state index in [1.807, 2.05) is 38.2 Å². The number of nitrogens with one attached hydrogen (secondary N) is 2. The van der Waals surface area contributed by atoms with Crippen LogP contribution in [0.1, 0.15) is 19.5 Å². The molecule has 1 heterocycles. The smallest absolute Gasteiger partial charge is 0.191 e. The molecule has 29 heavy (non-hydrogen) atoms. The van der Waals surface area contributed by atoms with E-state index in [0.717, 1.165) is 23.0 Å². The minimum atomic E-state index is -0.310. The third-order valence-electron chi connectivity index (χ3n) is 4.18. The highest BCUT2D eigenvalue weighted by molar-refractivity contribution is 14.0. The number of hydrogen-bond donors (Lipinski definition) is 2. The number of ether oxygens (including phenoxy) is 1. The molecule has 2 aromatic carbocycles. The molecule has 0 fully saturated rings. The third kappa shape index (κ3) is 6.85. The van der Waals surface area contributed by atoms with Crippen molar-refractivity contribution in [3.8, 4) is 5.75 Å². The van der Waals surface area contributed by atoms with Crippen molar-refractivity contribution in [3.63, 3.8) is 0 Å². The molecule has 0 aliphatic heterocycles. The van der Waals surface area contributed by atoms with Gasteiger partial charge in [-0.15, -0.1) is 24.0 Å². The zero-order valence-corrected chi connectivity index (χ0v) is 18.9. The van der Waals surface area contributed by atoms with Crippen LogP contribution in [0, 0.1) is 5.82 Å². The van der Waals surface area contributed by atoms with Crippen LogP contribution < -0.4 is 15.4 Å². The van der Waals surface area contributed by atoms with Crippen LogP contribution in [0.15, 0.2) is 65.8 Å². The molecule has 3 aromatic rings. The Bertz CT molecular complexity index is 946. The second-order valence-electron chi connectivity index (χ2n) is 6.44. The Labute approximate surface area is 187 Å². The maximum absolute atomic E-state index is 13.3. The van der Waals surface area contributed by atoms with Crippen molar-refractivity contribution >= 4 is 40.7 Å². The number of benzene rings is 2. The maximum Gasteiger partial charge on any atom is 0.191 e. The van der Waals surface area contributed by atoms with Gasteiger partial charge in [0.05, 0.1) is 18.8 Å². The Morgan fingerprint density at radius 1 is 1.14 bits per heavy atom. The van der Waals surface area contributed by atoms with Gasteiger partial charge in [0, 0.05) is 24.2 Å². The van der Waals surface area contributed by atoms with Gasteiger partial charge in [0.25, 0.3) is 0 Å². The van der Waals surface area contributed by atoms with Crippen molar-refractivity contribution in [2.75, 3.05) is 13.1 Å². The summed E-state index contributed by atoms with van der Waals surface area (Å²) >= 11 is 0. The zero-order valence-electron chi connectivity index (χ0n) is 16.6. The lowest BCUT2D eigenvalue weighted by molar-refractivity contribution is 0.223. The molecule has 5 nitrogen and oxygen atoms in total. The van der Waals surface area contributed by atoms with Crippen LogP contribution in [0.5, 0.6) is 5.75 Å². The summed E-state index contributed by atoms with van der Waals surface area (Å²) in [6, 6.07) is 16.3. The molecular formula is C22H26FIN4O. The first-order chi connectivity index (χ1) is 13.7. The molecule has 0 aliphatic rings. The Hall–Kier alpha value is -2.42. The molecule has 0 saturated carbocycles. The van der Waals surface area contributed by atoms with E-state index in [4.69, 9.17) is 4.74 Å². The van der Waals surface area contributed by atoms with Gasteiger partial charge in [0.15, 0.2) is 5.96 Å². The minimum Gasteiger partial charge on any atom is -0.489 e. The van der Waals surface area contributed by atoms with Crippen LogP contribution >= 0.6 is 24.0 Å². The lowest BCUT2D eigenvalue weighted by Gasteiger charge is -2.17. The van der Waals surface area contributed by atoms with Crippen molar-refractivity contribution in [3.05, 3.63) is 72.3 Å². The lowest BCUT2D eigenvalue weighted by atomic mass is 10.1. The highest BCUT2D eigenvalue weighted by Gasteiger charge is 2.07. The van der Waals surface area contributed by atoms with E-state index in [2.05, 4.69) is 32.7 Å². The van der Waals surface area contributed by atoms with Crippen molar-refractivity contribution in [2.45, 2.75) is 26.5 Å². The average molecular weight is 508 g/mol. The van der Waals surface area contributed by atoms with E-state index in [9.17, 15) is 4.39 Å². The molecule has 0 spiro atoms. The highest BCUT2D eigenvalue weighted by Crippen LogP contribution is 2.17. The van der Waals surface area contributed by atoms with Gasteiger partial charge in [0.1, 0.15) is 17.7 Å². The fourth-order valence-corrected chi connectivity index (χ4v) is 2.86. The van der Waals surface area contributed by atoms with Crippen molar-refractivity contribution in [1.82, 2.24) is 15.6 Å². The molecule has 1 aromatic heterocycles. The second-order valence-corrected chi connectivity index (χ2v) is 6.44. The fraction of sp³-hybridized carbons (Fsp3) is 0.273. The fourth-order valence-electron chi connectivity index (χ4n) is 2.86. The Morgan fingerprint density at radius 3 is 2.76 bits per heavy atom. The number of guanidine groups is 1. The van der Waals surface area contributed by atoms with E-state index in [-0.39, 0.29) is 35.9 Å². The number of aliphatic imine (C=N–C) groups is 1. The van der Waals surface area contributed by atoms with E-state index >= 15 is 0 Å². The average Bonchev–Trinajstić information content (AvgIpc) is 2.70. The number of aromatic nitrogens is 1. The highest BCUT2D eigenvalue weighted by atomic mass is 127. The van der Waals surface area contributed by atoms with Crippen molar-refractivity contribution < 1.29 is 9.13 Å². The van der Waals surface area contributed by atoms with E-state index in [1.54, 1.807) is 12.1 Å². The summed E-state index contributed by atoms with van der Waals surface area (Å²) in [6.07, 6.45) is 1.66. The van der Waals surface area contributed by atoms with Crippen LogP contribution in [-0.4, -0.2) is 30.1 Å². The van der Waals surface area contributed by atoms with Gasteiger partial charge >= 0.3 is 0 Å². The van der Waals surface area contributed by atoms with E-state index in [0.29, 0.717) is 24.8 Å². The second kappa shape index (κ2) is 11.5. The van der Waals surface area contributed by atoms with Crippen molar-refractivity contribution in [1.29, 1.82) is 0 Å². The van der Waals surface area contributed by atoms with E-state index in [1.165, 1.54) is 12.1 Å². The van der Waals surface area contributed by atoms with Crippen LogP contribution in [0.25, 0.3) is 10.8 Å². The summed E-state index contributed by atoms with van der Waals surface area (Å²) in [4.78, 5) is 9.12. The maximum atomic E-state index is 13.3. The van der Waals surface area contributed by atoms with Gasteiger partial charge in [-0.05, 0) is 37.4 Å². The predicted molar refractivity (Wildman–Crippen MR) is 126 cm³/mol. The number of halogens is 2. The minimum absolute atomic E-state index is 0. The van der Waals surface area contributed by atoms with Gasteiger partial charge in [-0.3, -0.25) is 4.98 Å². The Kier molecular flexibility index (Phi) is 9.11. The normalized spacial score (nSPS) is 12.2. The molecular weight excluding hydrogens is 482 g/mol. The number of rotatable bonds is 7. The summed E-state index contributed by atoms with van der Waals surface area (Å²) in [7, 11) is 0. The largest absolute Gasteiger partial charge is 0.489 e. The predicted octanol–water partition coefficient (Wildman–Crippen LogP) is 4.51. The molecule has 0 amide bonds. The number of hydrogen-bond acceptors (Lipinski definition) is 3. The van der Waals surface area contributed by atoms with Crippen LogP contribution in [0.4, 0.5) is 4.39 Å². The molecule has 1 atom stereocenters. The number of nitrogens with zero attached hydrogens (tertiary/aromatic N) is 2. The topological polar surface area (TPSA) is 58.5 Å². The number of fused-ring (bicyclic) bond motifs is 1. The molecule has 0 radical (unpaired) electrons. The summed E-state index contributed by atoms with van der Waals surface area (Å²) < 4.78 is 19.0. The van der Waals surface area contributed by atoms with Crippen LogP contribution in [0.2, 0.25) is 0 Å². The summed E-state index contributed by atoms with van der Waals surface area (Å²) in [6.45, 7) is 5.68. The first-order valence-electron chi connectivity index (χ1n) is 9.42. The molecule has 154 valence electrons. The van der Waals surface area contributed by atoms with Gasteiger partial charge in [0.2, 0.25) is 0 Å². The third-order valence-corrected chi connectivity index (χ3v) is 4.18. The Balaban J connectivity index is 0.00000300. The molecule has 0 saturated heterocycles. The van der Waals surface area contributed by atoms with Crippen molar-refractivity contribution in [2.24, 2.45) is 4.99 Å². The van der Waals surface area contributed by atoms with E-state index < -0.39 is 0 Å². The molecule has 2 N–H and O–H groups in total. The zero-order chi connectivity index (χ0) is 19.8. The molecule has 7 heteroatoms. The monoisotopic (exact) mass is 508 g/mol. The first kappa shape index (κ1) is 22.9. The van der Waals surface area contributed by atoms with Gasteiger partial charge in [-0.2, -0.15) is 0 Å². The first-order valence-corrected chi connectivity index (χ1v) is 9.42. The summed E-state index contributed by atoms with van der Waals surface area (Å²) in [5.74, 6) is 0.887. The van der Waals surface area contributed by atoms with Crippen LogP contribution in [-0.2, 0) is 6.54 Å². The molecule has 1 unspecified atom stereocenters. The standard InChI is InChI=1S/C22H25FN4O.HI/c1-3-24-22(26-14-16(2)28-19-9-6-8-18(23)13-19)27-15-21-20-10-5-4-7-17(20)11-12-25-21;/h4-13,16H,3,14-15H2,1-2H3,(H2,24,26,27);1H. The Morgan fingerprint density at radius 2 is 1.97 bits per heavy atom. The molecule has 0 aliphatic carbocycles. The molecule has 3 rings (SSSR count).